The highest BCUT2D eigenvalue weighted by molar-refractivity contribution is 5.20. The summed E-state index contributed by atoms with van der Waals surface area (Å²) in [6, 6.07) is 10.1. The molecule has 0 saturated carbocycles. The SMILES string of the molecule is CNCC1CCN(CCOc2ccccc2)CC1. The number of ether oxygens (including phenoxy) is 1. The number of para-hydroxylation sites is 1. The molecule has 18 heavy (non-hydrogen) atoms. The van der Waals surface area contributed by atoms with Crippen LogP contribution < -0.4 is 10.1 Å². The maximum atomic E-state index is 5.73. The Morgan fingerprint density at radius 1 is 1.22 bits per heavy atom. The Balaban J connectivity index is 1.61. The van der Waals surface area contributed by atoms with Gasteiger partial charge in [0.2, 0.25) is 0 Å². The number of benzene rings is 1. The Morgan fingerprint density at radius 2 is 1.94 bits per heavy atom. The zero-order chi connectivity index (χ0) is 12.6. The van der Waals surface area contributed by atoms with E-state index in [0.29, 0.717) is 0 Å². The van der Waals surface area contributed by atoms with Gasteiger partial charge in [-0.3, -0.25) is 4.90 Å². The van der Waals surface area contributed by atoms with Gasteiger partial charge in [0.1, 0.15) is 12.4 Å². The predicted octanol–water partition coefficient (Wildman–Crippen LogP) is 2.00. The number of piperidine rings is 1. The van der Waals surface area contributed by atoms with Gasteiger partial charge in [-0.2, -0.15) is 0 Å². The number of likely N-dealkylation sites (tertiary alicyclic amines) is 1. The van der Waals surface area contributed by atoms with E-state index in [1.165, 1.54) is 25.9 Å². The minimum absolute atomic E-state index is 0.792. The number of rotatable bonds is 6. The van der Waals surface area contributed by atoms with Crippen LogP contribution in [0.1, 0.15) is 12.8 Å². The fourth-order valence-electron chi connectivity index (χ4n) is 2.51. The van der Waals surface area contributed by atoms with E-state index in [9.17, 15) is 0 Å². The van der Waals surface area contributed by atoms with Gasteiger partial charge in [0.25, 0.3) is 0 Å². The Kier molecular flexibility index (Phi) is 5.49. The van der Waals surface area contributed by atoms with Gasteiger partial charge in [-0.25, -0.2) is 0 Å². The summed E-state index contributed by atoms with van der Waals surface area (Å²) in [6.07, 6.45) is 2.62. The van der Waals surface area contributed by atoms with Crippen molar-refractivity contribution in [3.63, 3.8) is 0 Å². The summed E-state index contributed by atoms with van der Waals surface area (Å²) in [6.45, 7) is 5.42. The van der Waals surface area contributed by atoms with Crippen LogP contribution in [0.15, 0.2) is 30.3 Å². The van der Waals surface area contributed by atoms with E-state index >= 15 is 0 Å². The molecule has 2 rings (SSSR count). The number of hydrogen-bond donors (Lipinski definition) is 1. The Morgan fingerprint density at radius 3 is 2.61 bits per heavy atom. The van der Waals surface area contributed by atoms with Crippen LogP contribution >= 0.6 is 0 Å². The molecular weight excluding hydrogens is 224 g/mol. The van der Waals surface area contributed by atoms with Crippen LogP contribution in [0.25, 0.3) is 0 Å². The molecule has 1 N–H and O–H groups in total. The minimum Gasteiger partial charge on any atom is -0.492 e. The number of nitrogens with zero attached hydrogens (tertiary/aromatic N) is 1. The normalized spacial score (nSPS) is 17.8. The lowest BCUT2D eigenvalue weighted by Gasteiger charge is -2.31. The molecule has 0 aliphatic carbocycles. The summed E-state index contributed by atoms with van der Waals surface area (Å²) >= 11 is 0. The Labute approximate surface area is 110 Å². The van der Waals surface area contributed by atoms with Crippen molar-refractivity contribution >= 4 is 0 Å². The molecule has 100 valence electrons. The summed E-state index contributed by atoms with van der Waals surface area (Å²) in [5.74, 6) is 1.84. The van der Waals surface area contributed by atoms with Gasteiger partial charge in [0.15, 0.2) is 0 Å². The van der Waals surface area contributed by atoms with Gasteiger partial charge in [-0.05, 0) is 57.6 Å². The van der Waals surface area contributed by atoms with Gasteiger partial charge in [-0.15, -0.1) is 0 Å². The monoisotopic (exact) mass is 248 g/mol. The van der Waals surface area contributed by atoms with Crippen LogP contribution in [0.3, 0.4) is 0 Å². The van der Waals surface area contributed by atoms with Crippen molar-refractivity contribution in [2.24, 2.45) is 5.92 Å². The molecule has 1 aliphatic heterocycles. The molecule has 1 aromatic rings. The molecule has 1 fully saturated rings. The topological polar surface area (TPSA) is 24.5 Å². The molecule has 0 amide bonds. The third-order valence-electron chi connectivity index (χ3n) is 3.62. The molecule has 0 unspecified atom stereocenters. The molecule has 1 saturated heterocycles. The summed E-state index contributed by atoms with van der Waals surface area (Å²) in [7, 11) is 2.04. The van der Waals surface area contributed by atoms with Crippen LogP contribution in [-0.2, 0) is 0 Å². The second-order valence-corrected chi connectivity index (χ2v) is 5.00. The van der Waals surface area contributed by atoms with Crippen LogP contribution in [-0.4, -0.2) is 44.7 Å². The molecule has 1 aromatic carbocycles. The van der Waals surface area contributed by atoms with Crippen molar-refractivity contribution in [3.8, 4) is 5.75 Å². The lowest BCUT2D eigenvalue weighted by molar-refractivity contribution is 0.155. The highest BCUT2D eigenvalue weighted by atomic mass is 16.5. The summed E-state index contributed by atoms with van der Waals surface area (Å²) in [5, 5.41) is 3.27. The molecule has 0 aromatic heterocycles. The van der Waals surface area contributed by atoms with E-state index in [0.717, 1.165) is 31.4 Å². The molecule has 3 nitrogen and oxygen atoms in total. The molecule has 1 aliphatic rings. The first-order valence-corrected chi connectivity index (χ1v) is 6.93. The van der Waals surface area contributed by atoms with Crippen molar-refractivity contribution in [1.29, 1.82) is 0 Å². The highest BCUT2D eigenvalue weighted by Gasteiger charge is 2.17. The van der Waals surface area contributed by atoms with Crippen molar-refractivity contribution in [1.82, 2.24) is 10.2 Å². The average molecular weight is 248 g/mol. The lowest BCUT2D eigenvalue weighted by Crippen LogP contribution is -2.38. The zero-order valence-corrected chi connectivity index (χ0v) is 11.3. The van der Waals surface area contributed by atoms with E-state index in [1.54, 1.807) is 0 Å². The van der Waals surface area contributed by atoms with Gasteiger partial charge in [0.05, 0.1) is 0 Å². The molecule has 0 atom stereocenters. The third-order valence-corrected chi connectivity index (χ3v) is 3.62. The lowest BCUT2D eigenvalue weighted by atomic mass is 9.97. The smallest absolute Gasteiger partial charge is 0.119 e. The molecule has 0 bridgehead atoms. The molecule has 0 spiro atoms. The summed E-state index contributed by atoms with van der Waals surface area (Å²) in [4.78, 5) is 2.51. The van der Waals surface area contributed by atoms with Gasteiger partial charge in [0, 0.05) is 6.54 Å². The van der Waals surface area contributed by atoms with Crippen molar-refractivity contribution in [3.05, 3.63) is 30.3 Å². The largest absolute Gasteiger partial charge is 0.492 e. The fraction of sp³-hybridized carbons (Fsp3) is 0.600. The maximum absolute atomic E-state index is 5.73. The summed E-state index contributed by atoms with van der Waals surface area (Å²) < 4.78 is 5.73. The Hall–Kier alpha value is -1.06. The third kappa shape index (κ3) is 4.31. The fourth-order valence-corrected chi connectivity index (χ4v) is 2.51. The summed E-state index contributed by atoms with van der Waals surface area (Å²) in [5.41, 5.74) is 0. The first kappa shape index (κ1) is 13.4. The number of nitrogens with one attached hydrogen (secondary N) is 1. The first-order valence-electron chi connectivity index (χ1n) is 6.93. The van der Waals surface area contributed by atoms with Gasteiger partial charge < -0.3 is 10.1 Å². The number of hydrogen-bond acceptors (Lipinski definition) is 3. The van der Waals surface area contributed by atoms with Crippen LogP contribution in [0.5, 0.6) is 5.75 Å². The van der Waals surface area contributed by atoms with Crippen molar-refractivity contribution in [2.75, 3.05) is 39.8 Å². The molecular formula is C15H24N2O. The van der Waals surface area contributed by atoms with Crippen molar-refractivity contribution in [2.45, 2.75) is 12.8 Å². The second kappa shape index (κ2) is 7.39. The minimum atomic E-state index is 0.792. The second-order valence-electron chi connectivity index (χ2n) is 5.00. The van der Waals surface area contributed by atoms with Crippen LogP contribution in [0.4, 0.5) is 0 Å². The van der Waals surface area contributed by atoms with E-state index in [-0.39, 0.29) is 0 Å². The highest BCUT2D eigenvalue weighted by Crippen LogP contribution is 2.16. The Bertz CT molecular complexity index is 321. The van der Waals surface area contributed by atoms with Gasteiger partial charge in [-0.1, -0.05) is 18.2 Å². The van der Waals surface area contributed by atoms with Crippen LogP contribution in [0, 0.1) is 5.92 Å². The average Bonchev–Trinajstić information content (AvgIpc) is 2.42. The first-order chi connectivity index (χ1) is 8.88. The maximum Gasteiger partial charge on any atom is 0.119 e. The standard InChI is InChI=1S/C15H24N2O/c1-16-13-14-7-9-17(10-8-14)11-12-18-15-5-3-2-4-6-15/h2-6,14,16H,7-13H2,1H3. The van der Waals surface area contributed by atoms with E-state index in [2.05, 4.69) is 10.2 Å². The quantitative estimate of drug-likeness (QED) is 0.833. The molecule has 1 heterocycles. The van der Waals surface area contributed by atoms with E-state index in [1.807, 2.05) is 37.4 Å². The van der Waals surface area contributed by atoms with E-state index in [4.69, 9.17) is 4.74 Å². The molecule has 3 heteroatoms. The molecule has 0 radical (unpaired) electrons. The van der Waals surface area contributed by atoms with Crippen molar-refractivity contribution < 1.29 is 4.74 Å². The van der Waals surface area contributed by atoms with Gasteiger partial charge >= 0.3 is 0 Å². The van der Waals surface area contributed by atoms with E-state index < -0.39 is 0 Å². The van der Waals surface area contributed by atoms with Crippen LogP contribution in [0.2, 0.25) is 0 Å². The zero-order valence-electron chi connectivity index (χ0n) is 11.3. The predicted molar refractivity (Wildman–Crippen MR) is 75.0 cm³/mol.